The number of nitrogens with one attached hydrogen (secondary N) is 1. The van der Waals surface area contributed by atoms with Gasteiger partial charge in [0.2, 0.25) is 0 Å². The molecule has 2 aromatic rings. The summed E-state index contributed by atoms with van der Waals surface area (Å²) in [7, 11) is 0. The third-order valence-electron chi connectivity index (χ3n) is 2.61. The molecule has 0 fully saturated rings. The van der Waals surface area contributed by atoms with Gasteiger partial charge in [-0.15, -0.1) is 24.5 Å². The second-order valence-corrected chi connectivity index (χ2v) is 5.17. The molecule has 0 spiro atoms. The fourth-order valence-electron chi connectivity index (χ4n) is 1.60. The summed E-state index contributed by atoms with van der Waals surface area (Å²) in [6.07, 6.45) is -4.77. The molecular weight excluding hydrogens is 317 g/mol. The number of anilines is 1. The predicted molar refractivity (Wildman–Crippen MR) is 78.9 cm³/mol. The lowest BCUT2D eigenvalue weighted by Gasteiger charge is -2.14. The summed E-state index contributed by atoms with van der Waals surface area (Å²) in [5.41, 5.74) is 8.32. The number of halogens is 3. The first-order valence-corrected chi connectivity index (χ1v) is 7.04. The van der Waals surface area contributed by atoms with Crippen molar-refractivity contribution in [1.29, 1.82) is 0 Å². The molecule has 5 nitrogen and oxygen atoms in total. The molecule has 0 unspecified atom stereocenters. The average Bonchev–Trinajstić information content (AvgIpc) is 2.83. The second-order valence-electron chi connectivity index (χ2n) is 4.23. The first-order valence-electron chi connectivity index (χ1n) is 6.16. The highest BCUT2D eigenvalue weighted by atomic mass is 32.1. The summed E-state index contributed by atoms with van der Waals surface area (Å²) in [4.78, 5) is 9.09. The molecule has 0 saturated carbocycles. The number of ether oxygens (including phenoxy) is 1. The van der Waals surface area contributed by atoms with Crippen molar-refractivity contribution in [3.63, 3.8) is 0 Å². The Morgan fingerprint density at radius 1 is 1.41 bits per heavy atom. The van der Waals surface area contributed by atoms with E-state index in [1.807, 2.05) is 6.92 Å². The van der Waals surface area contributed by atoms with E-state index in [1.165, 1.54) is 29.5 Å². The Morgan fingerprint density at radius 2 is 2.14 bits per heavy atom. The van der Waals surface area contributed by atoms with E-state index in [0.717, 1.165) is 10.6 Å². The molecule has 118 valence electrons. The number of guanidine groups is 1. The number of thiazole rings is 1. The average molecular weight is 330 g/mol. The summed E-state index contributed by atoms with van der Waals surface area (Å²) in [5, 5.41) is 2.60. The fourth-order valence-corrected chi connectivity index (χ4v) is 2.30. The molecule has 0 aliphatic rings. The summed E-state index contributed by atoms with van der Waals surface area (Å²) >= 11 is 1.43. The Kier molecular flexibility index (Phi) is 4.86. The highest BCUT2D eigenvalue weighted by molar-refractivity contribution is 7.09. The molecule has 0 bridgehead atoms. The first kappa shape index (κ1) is 16.1. The van der Waals surface area contributed by atoms with E-state index >= 15 is 0 Å². The molecule has 0 amide bonds. The lowest BCUT2D eigenvalue weighted by molar-refractivity contribution is -0.274. The highest BCUT2D eigenvalue weighted by Gasteiger charge is 2.32. The van der Waals surface area contributed by atoms with Crippen LogP contribution in [0.1, 0.15) is 10.6 Å². The molecule has 1 aromatic carbocycles. The minimum Gasteiger partial charge on any atom is -0.404 e. The number of alkyl halides is 3. The minimum atomic E-state index is -4.77. The summed E-state index contributed by atoms with van der Waals surface area (Å²) in [6.45, 7) is 2.15. The van der Waals surface area contributed by atoms with Gasteiger partial charge in [-0.2, -0.15) is 0 Å². The summed E-state index contributed by atoms with van der Waals surface area (Å²) in [6, 6.07) is 5.60. The van der Waals surface area contributed by atoms with Crippen molar-refractivity contribution in [3.05, 3.63) is 40.3 Å². The molecule has 1 heterocycles. The standard InChI is InChI=1S/C13H13F3N4OS/c1-8-11(22-7-19-8)6-18-12(17)20-9-4-2-3-5-10(9)21-13(14,15)16/h2-5,7H,6H2,1H3,(H3,17,18,20). The van der Waals surface area contributed by atoms with E-state index in [-0.39, 0.29) is 17.4 Å². The molecule has 3 N–H and O–H groups in total. The van der Waals surface area contributed by atoms with Gasteiger partial charge in [-0.1, -0.05) is 12.1 Å². The van der Waals surface area contributed by atoms with E-state index in [2.05, 4.69) is 20.0 Å². The Bertz CT molecular complexity index is 669. The smallest absolute Gasteiger partial charge is 0.404 e. The van der Waals surface area contributed by atoms with Crippen LogP contribution in [0.15, 0.2) is 34.8 Å². The van der Waals surface area contributed by atoms with Crippen LogP contribution in [0.5, 0.6) is 5.75 Å². The van der Waals surface area contributed by atoms with Gasteiger partial charge in [0, 0.05) is 4.88 Å². The van der Waals surface area contributed by atoms with E-state index < -0.39 is 6.36 Å². The van der Waals surface area contributed by atoms with Crippen LogP contribution >= 0.6 is 11.3 Å². The number of aromatic nitrogens is 1. The van der Waals surface area contributed by atoms with E-state index in [0.29, 0.717) is 6.54 Å². The molecule has 0 radical (unpaired) electrons. The molecule has 22 heavy (non-hydrogen) atoms. The molecule has 0 aliphatic heterocycles. The van der Waals surface area contributed by atoms with Gasteiger partial charge in [-0.25, -0.2) is 9.98 Å². The second kappa shape index (κ2) is 6.65. The Morgan fingerprint density at radius 3 is 2.77 bits per heavy atom. The van der Waals surface area contributed by atoms with Gasteiger partial charge in [-0.05, 0) is 19.1 Å². The van der Waals surface area contributed by atoms with Crippen LogP contribution in [0.4, 0.5) is 18.9 Å². The van der Waals surface area contributed by atoms with Gasteiger partial charge in [0.1, 0.15) is 0 Å². The minimum absolute atomic E-state index is 0.00831. The number of aliphatic imine (C=N–C) groups is 1. The molecule has 1 aromatic heterocycles. The quantitative estimate of drug-likeness (QED) is 0.666. The summed E-state index contributed by atoms with van der Waals surface area (Å²) in [5.74, 6) is -0.381. The number of hydrogen-bond donors (Lipinski definition) is 2. The lowest BCUT2D eigenvalue weighted by atomic mass is 10.3. The number of benzene rings is 1. The fraction of sp³-hybridized carbons (Fsp3) is 0.231. The van der Waals surface area contributed by atoms with Crippen molar-refractivity contribution < 1.29 is 17.9 Å². The van der Waals surface area contributed by atoms with Gasteiger partial charge in [0.05, 0.1) is 23.4 Å². The van der Waals surface area contributed by atoms with Crippen molar-refractivity contribution in [3.8, 4) is 5.75 Å². The van der Waals surface area contributed by atoms with Crippen LogP contribution in [-0.4, -0.2) is 17.3 Å². The third kappa shape index (κ3) is 4.62. The van der Waals surface area contributed by atoms with Crippen LogP contribution < -0.4 is 15.8 Å². The zero-order valence-electron chi connectivity index (χ0n) is 11.5. The van der Waals surface area contributed by atoms with Crippen molar-refractivity contribution in [2.24, 2.45) is 10.7 Å². The molecule has 0 atom stereocenters. The number of rotatable bonds is 4. The number of hydrogen-bond acceptors (Lipinski definition) is 4. The predicted octanol–water partition coefficient (Wildman–Crippen LogP) is 3.28. The van der Waals surface area contributed by atoms with E-state index in [1.54, 1.807) is 11.6 Å². The van der Waals surface area contributed by atoms with Gasteiger partial charge in [0.15, 0.2) is 11.7 Å². The summed E-state index contributed by atoms with van der Waals surface area (Å²) < 4.78 is 40.9. The number of para-hydroxylation sites is 2. The highest BCUT2D eigenvalue weighted by Crippen LogP contribution is 2.29. The van der Waals surface area contributed by atoms with Gasteiger partial charge < -0.3 is 15.8 Å². The van der Waals surface area contributed by atoms with E-state index in [9.17, 15) is 13.2 Å². The van der Waals surface area contributed by atoms with Crippen LogP contribution in [0, 0.1) is 6.92 Å². The molecule has 0 saturated heterocycles. The monoisotopic (exact) mass is 330 g/mol. The number of aryl methyl sites for hydroxylation is 1. The van der Waals surface area contributed by atoms with Gasteiger partial charge in [0.25, 0.3) is 0 Å². The lowest BCUT2D eigenvalue weighted by Crippen LogP contribution is -2.24. The van der Waals surface area contributed by atoms with Crippen LogP contribution in [0.2, 0.25) is 0 Å². The molecule has 2 rings (SSSR count). The van der Waals surface area contributed by atoms with Gasteiger partial charge >= 0.3 is 6.36 Å². The zero-order chi connectivity index (χ0) is 16.2. The largest absolute Gasteiger partial charge is 0.573 e. The van der Waals surface area contributed by atoms with Gasteiger partial charge in [-0.3, -0.25) is 0 Å². The maximum absolute atomic E-state index is 12.3. The number of nitrogens with two attached hydrogens (primary N) is 1. The Balaban J connectivity index is 2.08. The SMILES string of the molecule is Cc1ncsc1CN=C(N)Nc1ccccc1OC(F)(F)F. The van der Waals surface area contributed by atoms with Crippen molar-refractivity contribution >= 4 is 23.0 Å². The first-order chi connectivity index (χ1) is 10.3. The maximum Gasteiger partial charge on any atom is 0.573 e. The van der Waals surface area contributed by atoms with Crippen LogP contribution in [-0.2, 0) is 6.54 Å². The zero-order valence-corrected chi connectivity index (χ0v) is 12.3. The van der Waals surface area contributed by atoms with Crippen molar-refractivity contribution in [2.75, 3.05) is 5.32 Å². The maximum atomic E-state index is 12.3. The topological polar surface area (TPSA) is 72.5 Å². The van der Waals surface area contributed by atoms with Crippen molar-refractivity contribution in [2.45, 2.75) is 19.8 Å². The van der Waals surface area contributed by atoms with Crippen LogP contribution in [0.25, 0.3) is 0 Å². The van der Waals surface area contributed by atoms with Crippen molar-refractivity contribution in [1.82, 2.24) is 4.98 Å². The normalized spacial score (nSPS) is 12.3. The molecule has 9 heteroatoms. The molecule has 0 aliphatic carbocycles. The molecular formula is C13H13F3N4OS. The van der Waals surface area contributed by atoms with Crippen LogP contribution in [0.3, 0.4) is 0 Å². The third-order valence-corrected chi connectivity index (χ3v) is 3.53. The Hall–Kier alpha value is -2.29. The number of nitrogens with zero attached hydrogens (tertiary/aromatic N) is 2. The Labute approximate surface area is 128 Å². The van der Waals surface area contributed by atoms with E-state index in [4.69, 9.17) is 5.73 Å².